The zero-order valence-electron chi connectivity index (χ0n) is 20.5. The summed E-state index contributed by atoms with van der Waals surface area (Å²) in [5.41, 5.74) is 4.65. The lowest BCUT2D eigenvalue weighted by Crippen LogP contribution is -2.50. The lowest BCUT2D eigenvalue weighted by Gasteiger charge is -2.37. The van der Waals surface area contributed by atoms with E-state index in [9.17, 15) is 14.7 Å². The van der Waals surface area contributed by atoms with Gasteiger partial charge in [0.1, 0.15) is 5.75 Å². The molecular weight excluding hydrogens is 438 g/mol. The summed E-state index contributed by atoms with van der Waals surface area (Å²) in [5.74, 6) is -0.144. The first-order valence-corrected chi connectivity index (χ1v) is 13.3. The lowest BCUT2D eigenvalue weighted by atomic mass is 9.86. The highest BCUT2D eigenvalue weighted by Gasteiger charge is 2.36. The van der Waals surface area contributed by atoms with Crippen molar-refractivity contribution in [3.63, 3.8) is 0 Å². The first kappa shape index (κ1) is 23.9. The predicted octanol–water partition coefficient (Wildman–Crippen LogP) is 4.41. The van der Waals surface area contributed by atoms with Crippen molar-refractivity contribution in [1.29, 1.82) is 0 Å². The van der Waals surface area contributed by atoms with Gasteiger partial charge in [-0.3, -0.25) is 14.5 Å². The summed E-state index contributed by atoms with van der Waals surface area (Å²) in [5, 5.41) is 16.1. The molecule has 1 aliphatic heterocycles. The van der Waals surface area contributed by atoms with Gasteiger partial charge >= 0.3 is 0 Å². The van der Waals surface area contributed by atoms with Crippen molar-refractivity contribution in [2.45, 2.75) is 70.4 Å². The number of amides is 2. The molecule has 2 amide bonds. The number of likely N-dealkylation sites (tertiary alicyclic amines) is 1. The quantitative estimate of drug-likeness (QED) is 0.578. The van der Waals surface area contributed by atoms with E-state index in [-0.39, 0.29) is 35.4 Å². The molecule has 6 heteroatoms. The van der Waals surface area contributed by atoms with Crippen molar-refractivity contribution in [2.24, 2.45) is 11.8 Å². The number of nitrogens with zero attached hydrogens (tertiary/aromatic N) is 1. The fraction of sp³-hybridized carbons (Fsp3) is 0.517. The second-order valence-corrected chi connectivity index (χ2v) is 10.7. The number of hydrogen-bond acceptors (Lipinski definition) is 4. The van der Waals surface area contributed by atoms with Crippen molar-refractivity contribution in [1.82, 2.24) is 10.2 Å². The molecule has 2 aliphatic carbocycles. The van der Waals surface area contributed by atoms with Crippen LogP contribution in [0.25, 0.3) is 0 Å². The van der Waals surface area contributed by atoms with Gasteiger partial charge in [-0.15, -0.1) is 0 Å². The Morgan fingerprint density at radius 1 is 0.857 bits per heavy atom. The Morgan fingerprint density at radius 3 is 2.34 bits per heavy atom. The highest BCUT2D eigenvalue weighted by Crippen LogP contribution is 2.29. The third kappa shape index (κ3) is 6.04. The highest BCUT2D eigenvalue weighted by molar-refractivity contribution is 5.93. The number of fused-ring (bicyclic) bond motifs is 1. The smallest absolute Gasteiger partial charge is 0.228 e. The van der Waals surface area contributed by atoms with E-state index in [2.05, 4.69) is 27.7 Å². The van der Waals surface area contributed by atoms with Crippen LogP contribution < -0.4 is 10.6 Å². The number of hydrogen-bond donors (Lipinski definition) is 3. The maximum atomic E-state index is 13.4. The van der Waals surface area contributed by atoms with Crippen molar-refractivity contribution < 1.29 is 14.7 Å². The number of benzene rings is 2. The van der Waals surface area contributed by atoms with Gasteiger partial charge in [0.05, 0.1) is 11.8 Å². The summed E-state index contributed by atoms with van der Waals surface area (Å²) in [6.45, 7) is 1.91. The normalized spacial score (nSPS) is 23.0. The largest absolute Gasteiger partial charge is 0.508 e. The molecular formula is C29H37N3O3. The molecule has 2 fully saturated rings. The molecule has 5 rings (SSSR count). The molecule has 0 spiro atoms. The fourth-order valence-corrected chi connectivity index (χ4v) is 6.02. The topological polar surface area (TPSA) is 81.7 Å². The molecule has 2 aromatic carbocycles. The molecule has 1 saturated carbocycles. The van der Waals surface area contributed by atoms with Crippen LogP contribution in [0.3, 0.4) is 0 Å². The number of aromatic hydroxyl groups is 1. The molecule has 1 heterocycles. The molecule has 1 saturated heterocycles. The third-order valence-electron chi connectivity index (χ3n) is 7.93. The van der Waals surface area contributed by atoms with Gasteiger partial charge in [0.2, 0.25) is 11.8 Å². The van der Waals surface area contributed by atoms with Gasteiger partial charge in [-0.1, -0.05) is 37.5 Å². The van der Waals surface area contributed by atoms with E-state index < -0.39 is 0 Å². The van der Waals surface area contributed by atoms with Crippen LogP contribution in [0.5, 0.6) is 5.75 Å². The zero-order chi connectivity index (χ0) is 24.2. The molecule has 3 aliphatic rings. The Labute approximate surface area is 208 Å². The maximum absolute atomic E-state index is 13.4. The summed E-state index contributed by atoms with van der Waals surface area (Å²) < 4.78 is 0. The average Bonchev–Trinajstić information content (AvgIpc) is 3.34. The third-order valence-corrected chi connectivity index (χ3v) is 7.93. The molecule has 0 radical (unpaired) electrons. The molecule has 35 heavy (non-hydrogen) atoms. The average molecular weight is 476 g/mol. The van der Waals surface area contributed by atoms with Crippen LogP contribution >= 0.6 is 0 Å². The Hall–Kier alpha value is -2.86. The number of carbonyl (C=O) groups excluding carboxylic acids is 2. The molecule has 6 nitrogen and oxygen atoms in total. The van der Waals surface area contributed by atoms with Crippen LogP contribution in [0.2, 0.25) is 0 Å². The predicted molar refractivity (Wildman–Crippen MR) is 137 cm³/mol. The monoisotopic (exact) mass is 475 g/mol. The van der Waals surface area contributed by atoms with E-state index in [1.165, 1.54) is 36.8 Å². The van der Waals surface area contributed by atoms with E-state index in [1.807, 2.05) is 18.2 Å². The van der Waals surface area contributed by atoms with Gasteiger partial charge in [-0.05, 0) is 79.5 Å². The molecule has 2 aromatic rings. The maximum Gasteiger partial charge on any atom is 0.228 e. The van der Waals surface area contributed by atoms with Crippen LogP contribution in [0.1, 0.15) is 61.6 Å². The van der Waals surface area contributed by atoms with Crippen LogP contribution in [0.4, 0.5) is 5.69 Å². The Balaban J connectivity index is 1.28. The molecule has 0 aromatic heterocycles. The number of carbonyl (C=O) groups is 2. The minimum atomic E-state index is -0.253. The van der Waals surface area contributed by atoms with Gasteiger partial charge in [-0.25, -0.2) is 0 Å². The SMILES string of the molecule is O=C(Nc1ccc2c(c1)CCC2)[C@@H]1C[C@H](C(=O)NC2CCCCC2)CN(Cc2ccc(O)cc2)C1. The summed E-state index contributed by atoms with van der Waals surface area (Å²) in [7, 11) is 0. The number of rotatable bonds is 6. The van der Waals surface area contributed by atoms with Crippen molar-refractivity contribution in [3.05, 3.63) is 59.2 Å². The van der Waals surface area contributed by atoms with E-state index in [0.29, 0.717) is 26.1 Å². The van der Waals surface area contributed by atoms with Gasteiger partial charge in [0.25, 0.3) is 0 Å². The van der Waals surface area contributed by atoms with E-state index >= 15 is 0 Å². The van der Waals surface area contributed by atoms with Crippen molar-refractivity contribution in [2.75, 3.05) is 18.4 Å². The van der Waals surface area contributed by atoms with Gasteiger partial charge < -0.3 is 15.7 Å². The molecule has 2 atom stereocenters. The summed E-state index contributed by atoms with van der Waals surface area (Å²) in [6, 6.07) is 13.7. The highest BCUT2D eigenvalue weighted by atomic mass is 16.3. The second kappa shape index (κ2) is 10.8. The van der Waals surface area contributed by atoms with Gasteiger partial charge in [0.15, 0.2) is 0 Å². The first-order chi connectivity index (χ1) is 17.0. The first-order valence-electron chi connectivity index (χ1n) is 13.3. The summed E-state index contributed by atoms with van der Waals surface area (Å²) >= 11 is 0. The zero-order valence-corrected chi connectivity index (χ0v) is 20.5. The molecule has 186 valence electrons. The van der Waals surface area contributed by atoms with E-state index in [0.717, 1.165) is 36.9 Å². The lowest BCUT2D eigenvalue weighted by molar-refractivity contribution is -0.130. The number of nitrogens with one attached hydrogen (secondary N) is 2. The Bertz CT molecular complexity index is 1050. The number of phenols is 1. The number of phenolic OH excluding ortho intramolecular Hbond substituents is 1. The Kier molecular flexibility index (Phi) is 7.37. The minimum Gasteiger partial charge on any atom is -0.508 e. The minimum absolute atomic E-state index is 0.00572. The van der Waals surface area contributed by atoms with Crippen LogP contribution in [0.15, 0.2) is 42.5 Å². The van der Waals surface area contributed by atoms with Crippen molar-refractivity contribution in [3.8, 4) is 5.75 Å². The second-order valence-electron chi connectivity index (χ2n) is 10.7. The number of anilines is 1. The summed E-state index contributed by atoms with van der Waals surface area (Å²) in [4.78, 5) is 28.8. The number of aryl methyl sites for hydroxylation is 2. The van der Waals surface area contributed by atoms with Crippen LogP contribution in [0, 0.1) is 11.8 Å². The summed E-state index contributed by atoms with van der Waals surface area (Å²) in [6.07, 6.45) is 9.66. The fourth-order valence-electron chi connectivity index (χ4n) is 6.02. The van der Waals surface area contributed by atoms with E-state index in [1.54, 1.807) is 12.1 Å². The van der Waals surface area contributed by atoms with E-state index in [4.69, 9.17) is 0 Å². The standard InChI is InChI=1S/C29H37N3O3/c33-27-13-9-20(10-14-27)17-32-18-23(28(34)30-25-7-2-1-3-8-25)15-24(19-32)29(35)31-26-12-11-21-5-4-6-22(21)16-26/h9-14,16,23-25,33H,1-8,15,17-19H2,(H,30,34)(H,31,35)/t23-,24+/m0/s1. The Morgan fingerprint density at radius 2 is 1.57 bits per heavy atom. The van der Waals surface area contributed by atoms with Crippen LogP contribution in [-0.4, -0.2) is 41.0 Å². The molecule has 3 N–H and O–H groups in total. The van der Waals surface area contributed by atoms with Crippen molar-refractivity contribution >= 4 is 17.5 Å². The number of piperidine rings is 1. The molecule has 0 unspecified atom stereocenters. The van der Waals surface area contributed by atoms with Gasteiger partial charge in [0, 0.05) is 31.4 Å². The van der Waals surface area contributed by atoms with Gasteiger partial charge in [-0.2, -0.15) is 0 Å². The van der Waals surface area contributed by atoms with Crippen LogP contribution in [-0.2, 0) is 29.0 Å². The molecule has 0 bridgehead atoms.